The number of hydrogen-bond donors (Lipinski definition) is 0. The number of para-hydroxylation sites is 1. The second kappa shape index (κ2) is 9.59. The number of benzene rings is 4. The highest BCUT2D eigenvalue weighted by Gasteiger charge is 2.25. The molecule has 174 valence electrons. The van der Waals surface area contributed by atoms with E-state index in [1.165, 1.54) is 5.56 Å². The number of aryl methyl sites for hydroxylation is 1. The lowest BCUT2D eigenvalue weighted by molar-refractivity contribution is -0.117. The molecule has 4 aromatic rings. The molecule has 0 unspecified atom stereocenters. The molecule has 0 radical (unpaired) electrons. The summed E-state index contributed by atoms with van der Waals surface area (Å²) in [6, 6.07) is 31.7. The molecule has 0 bridgehead atoms. The molecule has 4 nitrogen and oxygen atoms in total. The summed E-state index contributed by atoms with van der Waals surface area (Å²) in [6.45, 7) is 2.55. The molecule has 0 saturated heterocycles. The summed E-state index contributed by atoms with van der Waals surface area (Å²) < 4.78 is 0. The maximum absolute atomic E-state index is 13.7. The zero-order valence-corrected chi connectivity index (χ0v) is 20.1. The van der Waals surface area contributed by atoms with Crippen molar-refractivity contribution in [3.8, 4) is 0 Å². The molecule has 0 aromatic heterocycles. The van der Waals surface area contributed by atoms with E-state index in [2.05, 4.69) is 24.3 Å². The molecular formula is C31H28N2O2. The minimum atomic E-state index is -0.0467. The van der Waals surface area contributed by atoms with Gasteiger partial charge in [-0.2, -0.15) is 0 Å². The van der Waals surface area contributed by atoms with Crippen molar-refractivity contribution < 1.29 is 9.59 Å². The molecule has 1 aliphatic rings. The summed E-state index contributed by atoms with van der Waals surface area (Å²) in [5.74, 6) is -0.0361. The van der Waals surface area contributed by atoms with Crippen LogP contribution in [0, 0.1) is 6.92 Å². The molecule has 0 fully saturated rings. The van der Waals surface area contributed by atoms with Gasteiger partial charge in [-0.05, 0) is 71.5 Å². The van der Waals surface area contributed by atoms with E-state index < -0.39 is 0 Å². The minimum Gasteiger partial charge on any atom is -0.315 e. The third-order valence-electron chi connectivity index (χ3n) is 6.83. The molecule has 35 heavy (non-hydrogen) atoms. The van der Waals surface area contributed by atoms with Gasteiger partial charge in [0, 0.05) is 24.0 Å². The van der Waals surface area contributed by atoms with E-state index in [1.54, 1.807) is 11.9 Å². The maximum Gasteiger partial charge on any atom is 0.258 e. The van der Waals surface area contributed by atoms with E-state index in [-0.39, 0.29) is 11.8 Å². The molecule has 1 aliphatic heterocycles. The Hall–Kier alpha value is -4.18. The van der Waals surface area contributed by atoms with Gasteiger partial charge in [0.15, 0.2) is 0 Å². The van der Waals surface area contributed by atoms with E-state index in [4.69, 9.17) is 0 Å². The van der Waals surface area contributed by atoms with E-state index >= 15 is 0 Å². The largest absolute Gasteiger partial charge is 0.315 e. The van der Waals surface area contributed by atoms with Crippen LogP contribution in [0.3, 0.4) is 0 Å². The third kappa shape index (κ3) is 4.60. The molecule has 0 atom stereocenters. The third-order valence-corrected chi connectivity index (χ3v) is 6.83. The fourth-order valence-electron chi connectivity index (χ4n) is 4.67. The predicted octanol–water partition coefficient (Wildman–Crippen LogP) is 5.95. The lowest BCUT2D eigenvalue weighted by Gasteiger charge is -2.24. The molecule has 1 heterocycles. The van der Waals surface area contributed by atoms with E-state index in [0.29, 0.717) is 18.5 Å². The summed E-state index contributed by atoms with van der Waals surface area (Å²) in [7, 11) is 1.78. The molecule has 4 aromatic carbocycles. The predicted molar refractivity (Wildman–Crippen MR) is 141 cm³/mol. The van der Waals surface area contributed by atoms with E-state index in [9.17, 15) is 9.59 Å². The van der Waals surface area contributed by atoms with E-state index in [1.807, 2.05) is 84.6 Å². The monoisotopic (exact) mass is 460 g/mol. The van der Waals surface area contributed by atoms with Gasteiger partial charge in [-0.3, -0.25) is 9.59 Å². The number of amides is 2. The Kier molecular flexibility index (Phi) is 6.19. The van der Waals surface area contributed by atoms with Crippen molar-refractivity contribution >= 4 is 23.2 Å². The molecule has 4 heteroatoms. The van der Waals surface area contributed by atoms with Crippen LogP contribution < -0.4 is 9.80 Å². The summed E-state index contributed by atoms with van der Waals surface area (Å²) >= 11 is 0. The van der Waals surface area contributed by atoms with Crippen LogP contribution >= 0.6 is 0 Å². The van der Waals surface area contributed by atoms with Crippen LogP contribution in [0.15, 0.2) is 97.1 Å². The van der Waals surface area contributed by atoms with Crippen molar-refractivity contribution in [2.24, 2.45) is 0 Å². The first kappa shape index (κ1) is 22.6. The van der Waals surface area contributed by atoms with Crippen LogP contribution in [0.5, 0.6) is 0 Å². The van der Waals surface area contributed by atoms with Crippen LogP contribution in [0.4, 0.5) is 11.4 Å². The topological polar surface area (TPSA) is 40.6 Å². The Morgan fingerprint density at radius 1 is 0.771 bits per heavy atom. The Morgan fingerprint density at radius 3 is 2.14 bits per heavy atom. The highest BCUT2D eigenvalue weighted by Crippen LogP contribution is 2.32. The van der Waals surface area contributed by atoms with Crippen molar-refractivity contribution in [2.75, 3.05) is 16.8 Å². The lowest BCUT2D eigenvalue weighted by Crippen LogP contribution is -2.31. The zero-order chi connectivity index (χ0) is 24.4. The Labute approximate surface area is 206 Å². The van der Waals surface area contributed by atoms with Crippen LogP contribution in [-0.4, -0.2) is 18.9 Å². The van der Waals surface area contributed by atoms with Crippen LogP contribution in [0.25, 0.3) is 0 Å². The highest BCUT2D eigenvalue weighted by molar-refractivity contribution is 6.07. The smallest absolute Gasteiger partial charge is 0.258 e. The first-order valence-corrected chi connectivity index (χ1v) is 11.9. The summed E-state index contributed by atoms with van der Waals surface area (Å²) in [6.07, 6.45) is 1.15. The van der Waals surface area contributed by atoms with Gasteiger partial charge in [0.2, 0.25) is 5.91 Å². The number of carbonyl (C=O) groups excluding carboxylic acids is 2. The quantitative estimate of drug-likeness (QED) is 0.377. The molecule has 2 amide bonds. The van der Waals surface area contributed by atoms with Gasteiger partial charge in [0.25, 0.3) is 5.91 Å². The first-order valence-electron chi connectivity index (χ1n) is 11.9. The Balaban J connectivity index is 1.38. The summed E-state index contributed by atoms with van der Waals surface area (Å²) in [5.41, 5.74) is 8.00. The van der Waals surface area contributed by atoms with Gasteiger partial charge >= 0.3 is 0 Å². The molecule has 0 saturated carbocycles. The van der Waals surface area contributed by atoms with Gasteiger partial charge in [-0.1, -0.05) is 66.7 Å². The molecule has 0 spiro atoms. The van der Waals surface area contributed by atoms with Gasteiger partial charge in [-0.15, -0.1) is 0 Å². The highest BCUT2D eigenvalue weighted by atomic mass is 16.2. The number of anilines is 2. The van der Waals surface area contributed by atoms with Crippen molar-refractivity contribution in [3.63, 3.8) is 0 Å². The summed E-state index contributed by atoms with van der Waals surface area (Å²) in [5, 5.41) is 0. The normalized spacial score (nSPS) is 12.3. The van der Waals surface area contributed by atoms with Gasteiger partial charge in [0.1, 0.15) is 0 Å². The molecule has 0 aliphatic carbocycles. The van der Waals surface area contributed by atoms with Crippen molar-refractivity contribution in [1.29, 1.82) is 0 Å². The van der Waals surface area contributed by atoms with Gasteiger partial charge in [0.05, 0.1) is 13.0 Å². The fraction of sp³-hybridized carbons (Fsp3) is 0.161. The molecule has 5 rings (SSSR count). The SMILES string of the molecule is Cc1ccccc1CC(=O)N(C)c1ccc(C(=O)N2Cc3ccccc3Cc3ccccc32)cc1. The number of fused-ring (bicyclic) bond motifs is 2. The van der Waals surface area contributed by atoms with Crippen LogP contribution in [-0.2, 0) is 24.2 Å². The van der Waals surface area contributed by atoms with Crippen LogP contribution in [0.1, 0.15) is 38.2 Å². The Morgan fingerprint density at radius 2 is 1.40 bits per heavy atom. The van der Waals surface area contributed by atoms with Gasteiger partial charge in [-0.25, -0.2) is 0 Å². The van der Waals surface area contributed by atoms with E-state index in [0.717, 1.165) is 40.0 Å². The second-order valence-corrected chi connectivity index (χ2v) is 9.07. The average Bonchev–Trinajstić information content (AvgIpc) is 3.06. The second-order valence-electron chi connectivity index (χ2n) is 9.07. The van der Waals surface area contributed by atoms with Crippen molar-refractivity contribution in [3.05, 3.63) is 130 Å². The summed E-state index contributed by atoms with van der Waals surface area (Å²) in [4.78, 5) is 30.1. The number of hydrogen-bond acceptors (Lipinski definition) is 2. The van der Waals surface area contributed by atoms with Crippen molar-refractivity contribution in [2.45, 2.75) is 26.3 Å². The average molecular weight is 461 g/mol. The standard InChI is InChI=1S/C31H28N2O2/c1-22-9-3-4-10-24(22)20-30(34)32(2)28-17-15-23(16-18-28)31(35)33-21-27-13-6-5-11-25(27)19-26-12-7-8-14-29(26)33/h3-18H,19-21H2,1-2H3. The number of carbonyl (C=O) groups is 2. The molecular weight excluding hydrogens is 432 g/mol. The molecule has 0 N–H and O–H groups in total. The van der Waals surface area contributed by atoms with Crippen LogP contribution in [0.2, 0.25) is 0 Å². The first-order chi connectivity index (χ1) is 17.0. The Bertz CT molecular complexity index is 1390. The fourth-order valence-corrected chi connectivity index (χ4v) is 4.67. The number of rotatable bonds is 4. The maximum atomic E-state index is 13.7. The number of likely N-dealkylation sites (N-methyl/N-ethyl adjacent to an activating group) is 1. The minimum absolute atomic E-state index is 0.0106. The lowest BCUT2D eigenvalue weighted by atomic mass is 10.0. The zero-order valence-electron chi connectivity index (χ0n) is 20.1. The van der Waals surface area contributed by atoms with Gasteiger partial charge < -0.3 is 9.80 Å². The number of nitrogens with zero attached hydrogens (tertiary/aromatic N) is 2. The van der Waals surface area contributed by atoms with Crippen molar-refractivity contribution in [1.82, 2.24) is 0 Å².